The van der Waals surface area contributed by atoms with Gasteiger partial charge < -0.3 is 4.55 Å². The first kappa shape index (κ1) is 24.7. The largest absolute Gasteiger partial charge is 0.744 e. The Labute approximate surface area is 194 Å². The Hall–Kier alpha value is -1.97. The number of rotatable bonds is 9. The van der Waals surface area contributed by atoms with Crippen LogP contribution >= 0.6 is 11.6 Å². The average molecular weight is 495 g/mol. The van der Waals surface area contributed by atoms with Crippen LogP contribution in [-0.2, 0) is 26.6 Å². The summed E-state index contributed by atoms with van der Waals surface area (Å²) in [5, 5.41) is 0.458. The molecule has 0 radical (unpaired) electrons. The molecule has 0 saturated heterocycles. The highest BCUT2D eigenvalue weighted by Gasteiger charge is 2.19. The van der Waals surface area contributed by atoms with Gasteiger partial charge in [-0.25, -0.2) is 21.6 Å². The number of benzene rings is 1. The lowest BCUT2D eigenvalue weighted by molar-refractivity contribution is 0.463. The summed E-state index contributed by atoms with van der Waals surface area (Å²) in [6.07, 6.45) is 1.70. The Bertz CT molecular complexity index is 1270. The van der Waals surface area contributed by atoms with Gasteiger partial charge in [0.15, 0.2) is 0 Å². The molecule has 9 heteroatoms. The first-order valence-electron chi connectivity index (χ1n) is 10.3. The lowest BCUT2D eigenvalue weighted by Crippen LogP contribution is -2.24. The van der Waals surface area contributed by atoms with Crippen LogP contribution in [-0.4, -0.2) is 27.9 Å². The van der Waals surface area contributed by atoms with Gasteiger partial charge in [0, 0.05) is 11.6 Å². The molecule has 1 aromatic carbocycles. The number of fused-ring (bicyclic) bond motifs is 1. The molecule has 32 heavy (non-hydrogen) atoms. The van der Waals surface area contributed by atoms with E-state index in [4.69, 9.17) is 11.6 Å². The molecule has 3 rings (SSSR count). The molecule has 0 bridgehead atoms. The van der Waals surface area contributed by atoms with Crippen molar-refractivity contribution in [3.05, 3.63) is 70.7 Å². The summed E-state index contributed by atoms with van der Waals surface area (Å²) in [4.78, 5) is -0.0699. The fourth-order valence-electron chi connectivity index (χ4n) is 3.55. The van der Waals surface area contributed by atoms with Crippen molar-refractivity contribution in [3.63, 3.8) is 0 Å². The number of hydrogen-bond donors (Lipinski definition) is 1. The molecule has 2 aliphatic rings. The van der Waals surface area contributed by atoms with E-state index in [0.29, 0.717) is 29.8 Å². The highest BCUT2D eigenvalue weighted by molar-refractivity contribution is 7.89. The van der Waals surface area contributed by atoms with Crippen LogP contribution in [0.3, 0.4) is 0 Å². The standard InChI is InChI=1S/C23H26ClNO5S2/c1-16(2)17-6-12-21-18(15-23(32(28,29)30)22(21)13-7-17)5-3-4-14-25-31(26,27)20-10-8-19(24)9-11-20/h6-13,15-16,25H,3-5,14H2,1-2H3,(H,28,29,30)/p-1. The molecule has 0 spiro atoms. The molecule has 172 valence electrons. The number of unbranched alkanes of at least 4 members (excludes halogenated alkanes) is 1. The van der Waals surface area contributed by atoms with Gasteiger partial charge in [0.05, 0.1) is 9.79 Å². The molecule has 0 amide bonds. The normalized spacial score (nSPS) is 12.5. The van der Waals surface area contributed by atoms with E-state index in [-0.39, 0.29) is 22.3 Å². The summed E-state index contributed by atoms with van der Waals surface area (Å²) in [5.41, 5.74) is 2.96. The summed E-state index contributed by atoms with van der Waals surface area (Å²) in [5.74, 6) is 0.260. The van der Waals surface area contributed by atoms with Gasteiger partial charge in [0.25, 0.3) is 0 Å². The average Bonchev–Trinajstić information content (AvgIpc) is 2.91. The predicted molar refractivity (Wildman–Crippen MR) is 125 cm³/mol. The van der Waals surface area contributed by atoms with E-state index in [1.54, 1.807) is 6.07 Å². The van der Waals surface area contributed by atoms with Gasteiger partial charge in [-0.05, 0) is 77.8 Å². The Kier molecular flexibility index (Phi) is 7.62. The van der Waals surface area contributed by atoms with Crippen LogP contribution in [0, 0.1) is 0 Å². The molecule has 0 aromatic heterocycles. The quantitative estimate of drug-likeness (QED) is 0.340. The van der Waals surface area contributed by atoms with Crippen LogP contribution in [0.5, 0.6) is 0 Å². The second-order valence-corrected chi connectivity index (χ2v) is 11.5. The van der Waals surface area contributed by atoms with Crippen LogP contribution in [0.4, 0.5) is 0 Å². The van der Waals surface area contributed by atoms with Crippen LogP contribution in [0.2, 0.25) is 5.02 Å². The van der Waals surface area contributed by atoms with Gasteiger partial charge in [-0.15, -0.1) is 0 Å². The van der Waals surface area contributed by atoms with Crippen LogP contribution in [0.25, 0.3) is 11.1 Å². The van der Waals surface area contributed by atoms with Gasteiger partial charge in [-0.1, -0.05) is 49.7 Å². The predicted octanol–water partition coefficient (Wildman–Crippen LogP) is 4.77. The fraction of sp³-hybridized carbons (Fsp3) is 0.304. The zero-order chi connectivity index (χ0) is 23.5. The molecule has 0 aliphatic heterocycles. The maximum absolute atomic E-state index is 12.3. The van der Waals surface area contributed by atoms with Gasteiger partial charge in [-0.3, -0.25) is 0 Å². The van der Waals surface area contributed by atoms with Crippen molar-refractivity contribution in [3.8, 4) is 11.1 Å². The third-order valence-corrected chi connectivity index (χ3v) is 7.92. The zero-order valence-corrected chi connectivity index (χ0v) is 20.2. The second kappa shape index (κ2) is 9.89. The summed E-state index contributed by atoms with van der Waals surface area (Å²) >= 11 is 5.80. The maximum atomic E-state index is 12.3. The summed E-state index contributed by atoms with van der Waals surface area (Å²) in [7, 11) is -8.23. The Morgan fingerprint density at radius 1 is 0.906 bits per heavy atom. The minimum absolute atomic E-state index is 0.141. The number of halogens is 1. The highest BCUT2D eigenvalue weighted by atomic mass is 35.5. The van der Waals surface area contributed by atoms with Gasteiger partial charge in [-0.2, -0.15) is 0 Å². The third-order valence-electron chi connectivity index (χ3n) is 5.32. The Morgan fingerprint density at radius 2 is 1.53 bits per heavy atom. The molecule has 0 heterocycles. The molecule has 0 atom stereocenters. The lowest BCUT2D eigenvalue weighted by atomic mass is 10.0. The minimum Gasteiger partial charge on any atom is -0.744 e. The van der Waals surface area contributed by atoms with Crippen molar-refractivity contribution < 1.29 is 21.4 Å². The summed E-state index contributed by atoms with van der Waals surface area (Å²) in [6.45, 7) is 4.32. The van der Waals surface area contributed by atoms with Gasteiger partial charge in [0.1, 0.15) is 10.1 Å². The molecule has 0 fully saturated rings. The number of hydrogen-bond acceptors (Lipinski definition) is 5. The van der Waals surface area contributed by atoms with Crippen molar-refractivity contribution in [1.29, 1.82) is 0 Å². The molecule has 1 aromatic rings. The number of aryl methyl sites for hydroxylation is 1. The minimum atomic E-state index is -4.61. The maximum Gasteiger partial charge on any atom is 0.240 e. The van der Waals surface area contributed by atoms with Crippen molar-refractivity contribution in [2.24, 2.45) is 0 Å². The molecular weight excluding hydrogens is 470 g/mol. The highest BCUT2D eigenvalue weighted by Crippen LogP contribution is 2.36. The first-order valence-corrected chi connectivity index (χ1v) is 13.5. The molecule has 0 saturated carbocycles. The van der Waals surface area contributed by atoms with Crippen molar-refractivity contribution in [2.75, 3.05) is 6.54 Å². The van der Waals surface area contributed by atoms with Crippen molar-refractivity contribution in [1.82, 2.24) is 4.72 Å². The fourth-order valence-corrected chi connectivity index (χ4v) is 5.48. The van der Waals surface area contributed by atoms with E-state index in [0.717, 1.165) is 16.7 Å². The summed E-state index contributed by atoms with van der Waals surface area (Å²) in [6, 6.07) is 14.7. The monoisotopic (exact) mass is 494 g/mol. The molecule has 6 nitrogen and oxygen atoms in total. The van der Waals surface area contributed by atoms with E-state index >= 15 is 0 Å². The first-order chi connectivity index (χ1) is 15.0. The van der Waals surface area contributed by atoms with E-state index in [1.807, 2.05) is 32.0 Å². The second-order valence-electron chi connectivity index (χ2n) is 7.95. The van der Waals surface area contributed by atoms with Crippen molar-refractivity contribution in [2.45, 2.75) is 48.8 Å². The Morgan fingerprint density at radius 3 is 2.12 bits per heavy atom. The van der Waals surface area contributed by atoms with Crippen LogP contribution in [0.15, 0.2) is 64.4 Å². The van der Waals surface area contributed by atoms with Gasteiger partial charge >= 0.3 is 0 Å². The van der Waals surface area contributed by atoms with Crippen LogP contribution < -0.4 is 4.72 Å². The molecule has 2 aliphatic carbocycles. The third kappa shape index (κ3) is 5.88. The number of nitrogens with one attached hydrogen (secondary N) is 1. The molecule has 1 N–H and O–H groups in total. The SMILES string of the molecule is CC(C)c1ccc2c(CCCCNS(=O)(=O)c3ccc(Cl)cc3)cc(S(=O)(=O)[O-])c-2cc1. The number of sulfonamides is 1. The zero-order valence-electron chi connectivity index (χ0n) is 17.8. The molecule has 0 unspecified atom stereocenters. The van der Waals surface area contributed by atoms with E-state index in [2.05, 4.69) is 4.72 Å². The van der Waals surface area contributed by atoms with Crippen molar-refractivity contribution >= 4 is 31.7 Å². The van der Waals surface area contributed by atoms with Crippen LogP contribution in [0.1, 0.15) is 43.7 Å². The topological polar surface area (TPSA) is 103 Å². The Balaban J connectivity index is 1.70. The van der Waals surface area contributed by atoms with E-state index in [9.17, 15) is 21.4 Å². The van der Waals surface area contributed by atoms with E-state index in [1.165, 1.54) is 30.3 Å². The van der Waals surface area contributed by atoms with Gasteiger partial charge in [0.2, 0.25) is 10.0 Å². The summed E-state index contributed by atoms with van der Waals surface area (Å²) < 4.78 is 62.6. The van der Waals surface area contributed by atoms with E-state index < -0.39 is 20.1 Å². The molecular formula is C23H25ClNO5S2-. The lowest BCUT2D eigenvalue weighted by Gasteiger charge is -2.07. The smallest absolute Gasteiger partial charge is 0.240 e.